The second kappa shape index (κ2) is 6.40. The third kappa shape index (κ3) is 3.77. The van der Waals surface area contributed by atoms with Crippen molar-refractivity contribution in [2.24, 2.45) is 0 Å². The third-order valence-electron chi connectivity index (χ3n) is 2.04. The van der Waals surface area contributed by atoms with Gasteiger partial charge < -0.3 is 16.0 Å². The molecular formula is C11H19N3. The van der Waals surface area contributed by atoms with Crippen LogP contribution >= 0.6 is 0 Å². The van der Waals surface area contributed by atoms with Crippen LogP contribution in [-0.2, 0) is 6.54 Å². The van der Waals surface area contributed by atoms with Crippen LogP contribution < -0.4 is 16.0 Å². The first-order valence-corrected chi connectivity index (χ1v) is 4.99. The maximum atomic E-state index is 3.33. The number of anilines is 1. The minimum atomic E-state index is 0.927. The molecule has 0 aliphatic rings. The van der Waals surface area contributed by atoms with E-state index in [1.165, 1.54) is 11.3 Å². The van der Waals surface area contributed by atoms with Gasteiger partial charge in [-0.25, -0.2) is 0 Å². The van der Waals surface area contributed by atoms with E-state index in [4.69, 9.17) is 0 Å². The van der Waals surface area contributed by atoms with Gasteiger partial charge in [0.25, 0.3) is 0 Å². The van der Waals surface area contributed by atoms with E-state index in [1.54, 1.807) is 0 Å². The van der Waals surface area contributed by atoms with Gasteiger partial charge in [0, 0.05) is 25.3 Å². The van der Waals surface area contributed by atoms with Gasteiger partial charge in [0.15, 0.2) is 0 Å². The highest BCUT2D eigenvalue weighted by Gasteiger charge is 1.92. The molecule has 0 fully saturated rings. The highest BCUT2D eigenvalue weighted by Crippen LogP contribution is 2.08. The fraction of sp³-hybridized carbons (Fsp3) is 0.455. The van der Waals surface area contributed by atoms with E-state index in [0.717, 1.165) is 19.6 Å². The number of likely N-dealkylation sites (N-methyl/N-ethyl adjacent to an activating group) is 1. The summed E-state index contributed by atoms with van der Waals surface area (Å²) in [6.07, 6.45) is 0. The summed E-state index contributed by atoms with van der Waals surface area (Å²) in [6, 6.07) is 8.50. The molecule has 0 aliphatic carbocycles. The Morgan fingerprint density at radius 1 is 0.929 bits per heavy atom. The molecule has 0 spiro atoms. The highest BCUT2D eigenvalue weighted by atomic mass is 14.9. The summed E-state index contributed by atoms with van der Waals surface area (Å²) in [5.74, 6) is 0. The largest absolute Gasteiger partial charge is 0.384 e. The van der Waals surface area contributed by atoms with Gasteiger partial charge in [-0.3, -0.25) is 0 Å². The number of hydrogen-bond donors (Lipinski definition) is 3. The number of hydrogen-bond acceptors (Lipinski definition) is 3. The average Bonchev–Trinajstić information content (AvgIpc) is 2.21. The van der Waals surface area contributed by atoms with Crippen molar-refractivity contribution in [2.75, 3.05) is 32.5 Å². The van der Waals surface area contributed by atoms with Crippen LogP contribution in [0.3, 0.4) is 0 Å². The van der Waals surface area contributed by atoms with E-state index in [-0.39, 0.29) is 0 Å². The molecule has 0 bridgehead atoms. The van der Waals surface area contributed by atoms with Gasteiger partial charge in [-0.2, -0.15) is 0 Å². The van der Waals surface area contributed by atoms with Gasteiger partial charge in [0.2, 0.25) is 0 Å². The van der Waals surface area contributed by atoms with E-state index < -0.39 is 0 Å². The van der Waals surface area contributed by atoms with Gasteiger partial charge in [-0.05, 0) is 31.8 Å². The molecular weight excluding hydrogens is 174 g/mol. The van der Waals surface area contributed by atoms with Crippen LogP contribution in [0.25, 0.3) is 0 Å². The molecule has 0 radical (unpaired) electrons. The quantitative estimate of drug-likeness (QED) is 0.591. The molecule has 1 aromatic rings. The standard InChI is InChI=1S/C11H19N3/c1-12-7-8-14-11-5-3-10(4-6-11)9-13-2/h3-6,12-14H,7-9H2,1-2H3. The molecule has 1 aromatic carbocycles. The van der Waals surface area contributed by atoms with Crippen molar-refractivity contribution in [2.45, 2.75) is 6.54 Å². The minimum absolute atomic E-state index is 0.927. The lowest BCUT2D eigenvalue weighted by Crippen LogP contribution is -2.17. The van der Waals surface area contributed by atoms with Gasteiger partial charge in [-0.15, -0.1) is 0 Å². The highest BCUT2D eigenvalue weighted by molar-refractivity contribution is 5.44. The maximum Gasteiger partial charge on any atom is 0.0340 e. The van der Waals surface area contributed by atoms with Crippen LogP contribution in [0.4, 0.5) is 5.69 Å². The molecule has 78 valence electrons. The van der Waals surface area contributed by atoms with Gasteiger partial charge in [0.05, 0.1) is 0 Å². The normalized spacial score (nSPS) is 10.1. The van der Waals surface area contributed by atoms with Crippen molar-refractivity contribution in [1.29, 1.82) is 0 Å². The van der Waals surface area contributed by atoms with Gasteiger partial charge >= 0.3 is 0 Å². The Hall–Kier alpha value is -1.06. The molecule has 0 aliphatic heterocycles. The van der Waals surface area contributed by atoms with E-state index in [0.29, 0.717) is 0 Å². The Bertz CT molecular complexity index is 243. The predicted octanol–water partition coefficient (Wildman–Crippen LogP) is 1.04. The van der Waals surface area contributed by atoms with Crippen molar-refractivity contribution in [3.05, 3.63) is 29.8 Å². The predicted molar refractivity (Wildman–Crippen MR) is 61.6 cm³/mol. The summed E-state index contributed by atoms with van der Waals surface area (Å²) in [7, 11) is 3.91. The van der Waals surface area contributed by atoms with E-state index in [1.807, 2.05) is 14.1 Å². The molecule has 3 nitrogen and oxygen atoms in total. The molecule has 3 N–H and O–H groups in total. The topological polar surface area (TPSA) is 36.1 Å². The minimum Gasteiger partial charge on any atom is -0.384 e. The van der Waals surface area contributed by atoms with Crippen LogP contribution in [-0.4, -0.2) is 27.2 Å². The van der Waals surface area contributed by atoms with Gasteiger partial charge in [-0.1, -0.05) is 12.1 Å². The molecule has 0 saturated carbocycles. The van der Waals surface area contributed by atoms with Crippen LogP contribution in [0.15, 0.2) is 24.3 Å². The summed E-state index contributed by atoms with van der Waals surface area (Å²) >= 11 is 0. The first kappa shape index (κ1) is 11.0. The third-order valence-corrected chi connectivity index (χ3v) is 2.04. The zero-order chi connectivity index (χ0) is 10.2. The molecule has 0 atom stereocenters. The molecule has 0 heterocycles. The number of nitrogens with one attached hydrogen (secondary N) is 3. The van der Waals surface area contributed by atoms with Crippen molar-refractivity contribution < 1.29 is 0 Å². The number of rotatable bonds is 6. The fourth-order valence-corrected chi connectivity index (χ4v) is 1.28. The first-order chi connectivity index (χ1) is 6.86. The molecule has 0 saturated heterocycles. The molecule has 0 unspecified atom stereocenters. The molecule has 0 amide bonds. The molecule has 14 heavy (non-hydrogen) atoms. The monoisotopic (exact) mass is 193 g/mol. The Morgan fingerprint density at radius 3 is 2.21 bits per heavy atom. The van der Waals surface area contributed by atoms with Crippen LogP contribution in [0.1, 0.15) is 5.56 Å². The Labute approximate surface area is 85.9 Å². The summed E-state index contributed by atoms with van der Waals surface area (Å²) in [4.78, 5) is 0. The van der Waals surface area contributed by atoms with Crippen molar-refractivity contribution in [3.63, 3.8) is 0 Å². The summed E-state index contributed by atoms with van der Waals surface area (Å²) in [6.45, 7) is 2.87. The fourth-order valence-electron chi connectivity index (χ4n) is 1.28. The van der Waals surface area contributed by atoms with Crippen molar-refractivity contribution >= 4 is 5.69 Å². The average molecular weight is 193 g/mol. The Balaban J connectivity index is 2.38. The van der Waals surface area contributed by atoms with Gasteiger partial charge in [0.1, 0.15) is 0 Å². The Kier molecular flexibility index (Phi) is 5.04. The van der Waals surface area contributed by atoms with Crippen LogP contribution in [0.5, 0.6) is 0 Å². The lowest BCUT2D eigenvalue weighted by Gasteiger charge is -2.06. The summed E-state index contributed by atoms with van der Waals surface area (Å²) < 4.78 is 0. The van der Waals surface area contributed by atoms with Crippen LogP contribution in [0, 0.1) is 0 Å². The second-order valence-electron chi connectivity index (χ2n) is 3.26. The molecule has 0 aromatic heterocycles. The summed E-state index contributed by atoms with van der Waals surface area (Å²) in [5, 5.41) is 9.55. The van der Waals surface area contributed by atoms with Crippen molar-refractivity contribution in [3.8, 4) is 0 Å². The number of benzene rings is 1. The molecule has 3 heteroatoms. The molecule has 1 rings (SSSR count). The first-order valence-electron chi connectivity index (χ1n) is 4.99. The zero-order valence-electron chi connectivity index (χ0n) is 8.93. The zero-order valence-corrected chi connectivity index (χ0v) is 8.93. The van der Waals surface area contributed by atoms with Crippen molar-refractivity contribution in [1.82, 2.24) is 10.6 Å². The second-order valence-corrected chi connectivity index (χ2v) is 3.26. The Morgan fingerprint density at radius 2 is 1.64 bits per heavy atom. The maximum absolute atomic E-state index is 3.33. The van der Waals surface area contributed by atoms with E-state index >= 15 is 0 Å². The SMILES string of the molecule is CNCCNc1ccc(CNC)cc1. The lowest BCUT2D eigenvalue weighted by atomic mass is 10.2. The van der Waals surface area contributed by atoms with E-state index in [2.05, 4.69) is 40.2 Å². The smallest absolute Gasteiger partial charge is 0.0340 e. The van der Waals surface area contributed by atoms with E-state index in [9.17, 15) is 0 Å². The lowest BCUT2D eigenvalue weighted by molar-refractivity contribution is 0.816. The van der Waals surface area contributed by atoms with Crippen LogP contribution in [0.2, 0.25) is 0 Å². The summed E-state index contributed by atoms with van der Waals surface area (Å²) in [5.41, 5.74) is 2.49.